The van der Waals surface area contributed by atoms with Gasteiger partial charge in [-0.1, -0.05) is 13.8 Å². The summed E-state index contributed by atoms with van der Waals surface area (Å²) in [4.78, 5) is 15.0. The Morgan fingerprint density at radius 1 is 1.28 bits per heavy atom. The van der Waals surface area contributed by atoms with E-state index in [1.807, 2.05) is 0 Å². The van der Waals surface area contributed by atoms with Crippen LogP contribution < -0.4 is 5.56 Å². The number of aromatic amines is 1. The summed E-state index contributed by atoms with van der Waals surface area (Å²) in [5.74, 6) is -0.139. The monoisotopic (exact) mass is 257 g/mol. The van der Waals surface area contributed by atoms with Crippen LogP contribution in [0.25, 0.3) is 10.9 Å². The van der Waals surface area contributed by atoms with E-state index >= 15 is 0 Å². The van der Waals surface area contributed by atoms with Gasteiger partial charge in [0, 0.05) is 0 Å². The van der Waals surface area contributed by atoms with Gasteiger partial charge in [-0.25, -0.2) is 10.1 Å². The molecule has 0 aliphatic heterocycles. The maximum Gasteiger partial charge on any atom is 0.433 e. The lowest BCUT2D eigenvalue weighted by Gasteiger charge is -2.10. The highest BCUT2D eigenvalue weighted by atomic mass is 19.4. The molecule has 2 aromatic heterocycles. The van der Waals surface area contributed by atoms with Crippen molar-refractivity contribution >= 4 is 10.9 Å². The Bertz CT molecular complexity index is 646. The van der Waals surface area contributed by atoms with Crippen molar-refractivity contribution in [3.05, 3.63) is 33.9 Å². The largest absolute Gasteiger partial charge is 0.433 e. The SMILES string of the molecule is CC(C)c1n[nH]c(=O)c2ccc(C(F)(F)F)nc12. The average molecular weight is 257 g/mol. The minimum absolute atomic E-state index is 0.00331. The fourth-order valence-corrected chi connectivity index (χ4v) is 1.62. The highest BCUT2D eigenvalue weighted by Gasteiger charge is 2.33. The number of aromatic nitrogens is 3. The molecule has 0 fully saturated rings. The van der Waals surface area contributed by atoms with Gasteiger partial charge in [0.2, 0.25) is 0 Å². The van der Waals surface area contributed by atoms with Crippen LogP contribution in [0.2, 0.25) is 0 Å². The van der Waals surface area contributed by atoms with E-state index < -0.39 is 17.4 Å². The zero-order chi connectivity index (χ0) is 13.5. The molecule has 0 unspecified atom stereocenters. The first kappa shape index (κ1) is 12.5. The lowest BCUT2D eigenvalue weighted by Crippen LogP contribution is -2.15. The van der Waals surface area contributed by atoms with Crippen LogP contribution in [0.3, 0.4) is 0 Å². The maximum atomic E-state index is 12.6. The molecule has 0 radical (unpaired) electrons. The Morgan fingerprint density at radius 2 is 1.94 bits per heavy atom. The number of halogens is 3. The van der Waals surface area contributed by atoms with Crippen molar-refractivity contribution in [2.75, 3.05) is 0 Å². The molecule has 0 saturated heterocycles. The van der Waals surface area contributed by atoms with Gasteiger partial charge in [0.1, 0.15) is 11.2 Å². The molecule has 0 aliphatic rings. The molecule has 0 saturated carbocycles. The normalized spacial score (nSPS) is 12.3. The number of nitrogens with one attached hydrogen (secondary N) is 1. The van der Waals surface area contributed by atoms with Crippen molar-refractivity contribution in [1.82, 2.24) is 15.2 Å². The standard InChI is InChI=1S/C11H10F3N3O/c1-5(2)8-9-6(10(18)17-16-8)3-4-7(15-9)11(12,13)14/h3-5H,1-2H3,(H,17,18). The van der Waals surface area contributed by atoms with Crippen molar-refractivity contribution in [2.24, 2.45) is 0 Å². The van der Waals surface area contributed by atoms with Crippen LogP contribution in [-0.2, 0) is 6.18 Å². The molecule has 4 nitrogen and oxygen atoms in total. The summed E-state index contributed by atoms with van der Waals surface area (Å²) in [5, 5.41) is 6.13. The zero-order valence-electron chi connectivity index (χ0n) is 9.67. The molecule has 18 heavy (non-hydrogen) atoms. The maximum absolute atomic E-state index is 12.6. The molecule has 1 N–H and O–H groups in total. The molecule has 0 spiro atoms. The minimum Gasteiger partial charge on any atom is -0.267 e. The molecule has 0 amide bonds. The molecule has 2 rings (SSSR count). The van der Waals surface area contributed by atoms with Gasteiger partial charge in [-0.05, 0) is 18.1 Å². The predicted molar refractivity (Wildman–Crippen MR) is 59.2 cm³/mol. The molecule has 0 atom stereocenters. The molecule has 0 aliphatic carbocycles. The van der Waals surface area contributed by atoms with E-state index in [0.717, 1.165) is 12.1 Å². The second-order valence-corrected chi connectivity index (χ2v) is 4.18. The number of nitrogens with zero attached hydrogens (tertiary/aromatic N) is 2. The Morgan fingerprint density at radius 3 is 2.50 bits per heavy atom. The number of alkyl halides is 3. The fourth-order valence-electron chi connectivity index (χ4n) is 1.62. The van der Waals surface area contributed by atoms with Crippen LogP contribution in [0.15, 0.2) is 16.9 Å². The number of hydrogen-bond donors (Lipinski definition) is 1. The first-order valence-corrected chi connectivity index (χ1v) is 5.27. The van der Waals surface area contributed by atoms with E-state index in [-0.39, 0.29) is 16.8 Å². The van der Waals surface area contributed by atoms with Crippen molar-refractivity contribution in [2.45, 2.75) is 25.9 Å². The molecule has 96 valence electrons. The predicted octanol–water partition coefficient (Wildman–Crippen LogP) is 2.46. The van der Waals surface area contributed by atoms with Crippen LogP contribution in [0.1, 0.15) is 31.2 Å². The topological polar surface area (TPSA) is 58.6 Å². The second-order valence-electron chi connectivity index (χ2n) is 4.18. The first-order valence-electron chi connectivity index (χ1n) is 5.27. The van der Waals surface area contributed by atoms with E-state index in [1.165, 1.54) is 0 Å². The smallest absolute Gasteiger partial charge is 0.267 e. The Kier molecular flexibility index (Phi) is 2.84. The zero-order valence-corrected chi connectivity index (χ0v) is 9.67. The van der Waals surface area contributed by atoms with Gasteiger partial charge in [0.05, 0.1) is 11.1 Å². The van der Waals surface area contributed by atoms with Crippen molar-refractivity contribution in [1.29, 1.82) is 0 Å². The third-order valence-corrected chi connectivity index (χ3v) is 2.50. The van der Waals surface area contributed by atoms with Crippen LogP contribution in [0.5, 0.6) is 0 Å². The number of H-pyrrole nitrogens is 1. The average Bonchev–Trinajstić information content (AvgIpc) is 2.27. The summed E-state index contributed by atoms with van der Waals surface area (Å²) < 4.78 is 37.7. The van der Waals surface area contributed by atoms with Gasteiger partial charge in [-0.2, -0.15) is 18.3 Å². The van der Waals surface area contributed by atoms with Crippen LogP contribution in [-0.4, -0.2) is 15.2 Å². The number of hydrogen-bond acceptors (Lipinski definition) is 3. The van der Waals surface area contributed by atoms with Gasteiger partial charge in [-0.3, -0.25) is 4.79 Å². The van der Waals surface area contributed by atoms with E-state index in [1.54, 1.807) is 13.8 Å². The summed E-state index contributed by atoms with van der Waals surface area (Å²) in [6.45, 7) is 3.53. The summed E-state index contributed by atoms with van der Waals surface area (Å²) in [7, 11) is 0. The summed E-state index contributed by atoms with van der Waals surface area (Å²) in [6, 6.07) is 1.92. The van der Waals surface area contributed by atoms with Gasteiger partial charge < -0.3 is 0 Å². The lowest BCUT2D eigenvalue weighted by atomic mass is 10.1. The molecule has 0 aromatic carbocycles. The number of pyridine rings is 1. The Labute approximate surface area is 99.9 Å². The first-order chi connectivity index (χ1) is 8.30. The van der Waals surface area contributed by atoms with Crippen LogP contribution in [0, 0.1) is 0 Å². The third-order valence-electron chi connectivity index (χ3n) is 2.50. The highest BCUT2D eigenvalue weighted by Crippen LogP contribution is 2.29. The van der Waals surface area contributed by atoms with Gasteiger partial charge >= 0.3 is 6.18 Å². The summed E-state index contributed by atoms with van der Waals surface area (Å²) >= 11 is 0. The summed E-state index contributed by atoms with van der Waals surface area (Å²) in [5.41, 5.74) is -1.22. The van der Waals surface area contributed by atoms with E-state index in [9.17, 15) is 18.0 Å². The minimum atomic E-state index is -4.54. The summed E-state index contributed by atoms with van der Waals surface area (Å²) in [6.07, 6.45) is -4.54. The van der Waals surface area contributed by atoms with Gasteiger partial charge in [0.15, 0.2) is 0 Å². The molecule has 2 aromatic rings. The van der Waals surface area contributed by atoms with Gasteiger partial charge in [0.25, 0.3) is 5.56 Å². The second kappa shape index (κ2) is 4.08. The van der Waals surface area contributed by atoms with E-state index in [2.05, 4.69) is 15.2 Å². The fraction of sp³-hybridized carbons (Fsp3) is 0.364. The highest BCUT2D eigenvalue weighted by molar-refractivity contribution is 5.79. The quantitative estimate of drug-likeness (QED) is 0.853. The van der Waals surface area contributed by atoms with Gasteiger partial charge in [-0.15, -0.1) is 0 Å². The van der Waals surface area contributed by atoms with Crippen molar-refractivity contribution < 1.29 is 13.2 Å². The molecule has 7 heteroatoms. The van der Waals surface area contributed by atoms with E-state index in [4.69, 9.17) is 0 Å². The van der Waals surface area contributed by atoms with Crippen LogP contribution in [0.4, 0.5) is 13.2 Å². The van der Waals surface area contributed by atoms with Crippen molar-refractivity contribution in [3.8, 4) is 0 Å². The molecule has 0 bridgehead atoms. The van der Waals surface area contributed by atoms with Crippen LogP contribution >= 0.6 is 0 Å². The molecular weight excluding hydrogens is 247 g/mol. The molecule has 2 heterocycles. The number of rotatable bonds is 1. The third kappa shape index (κ3) is 2.07. The lowest BCUT2D eigenvalue weighted by molar-refractivity contribution is -0.140. The Balaban J connectivity index is 2.82. The van der Waals surface area contributed by atoms with Crippen molar-refractivity contribution in [3.63, 3.8) is 0 Å². The molecular formula is C11H10F3N3O. The van der Waals surface area contributed by atoms with E-state index in [0.29, 0.717) is 5.69 Å². The Hall–Kier alpha value is -1.92. The number of fused-ring (bicyclic) bond motifs is 1.